The molecule has 0 atom stereocenters. The van der Waals surface area contributed by atoms with E-state index >= 15 is 0 Å². The molecule has 1 amide bonds. The van der Waals surface area contributed by atoms with Crippen LogP contribution >= 0.6 is 11.8 Å². The molecule has 154 valence electrons. The van der Waals surface area contributed by atoms with E-state index in [-0.39, 0.29) is 24.1 Å². The van der Waals surface area contributed by atoms with E-state index in [9.17, 15) is 14.0 Å². The third kappa shape index (κ3) is 5.20. The first kappa shape index (κ1) is 21.0. The average molecular weight is 419 g/mol. The second kappa shape index (κ2) is 9.65. The number of halogens is 1. The zero-order valence-corrected chi connectivity index (χ0v) is 17.1. The molecule has 0 saturated heterocycles. The van der Waals surface area contributed by atoms with Gasteiger partial charge < -0.3 is 19.1 Å². The van der Waals surface area contributed by atoms with Gasteiger partial charge in [0.1, 0.15) is 5.82 Å². The first-order valence-electron chi connectivity index (χ1n) is 9.06. The predicted octanol–water partition coefficient (Wildman–Crippen LogP) is 3.06. The lowest BCUT2D eigenvalue weighted by atomic mass is 9.99. The van der Waals surface area contributed by atoms with Gasteiger partial charge in [0.05, 0.1) is 20.0 Å². The maximum Gasteiger partial charge on any atom is 0.316 e. The number of ether oxygens (including phenoxy) is 3. The van der Waals surface area contributed by atoms with E-state index in [1.165, 1.54) is 6.07 Å². The van der Waals surface area contributed by atoms with Crippen LogP contribution in [0.1, 0.15) is 11.1 Å². The van der Waals surface area contributed by atoms with Gasteiger partial charge in [-0.3, -0.25) is 9.59 Å². The summed E-state index contributed by atoms with van der Waals surface area (Å²) in [4.78, 5) is 26.4. The van der Waals surface area contributed by atoms with Crippen LogP contribution in [-0.2, 0) is 27.3 Å². The van der Waals surface area contributed by atoms with Crippen molar-refractivity contribution in [2.75, 3.05) is 33.1 Å². The minimum Gasteiger partial charge on any atom is -0.493 e. The van der Waals surface area contributed by atoms with Gasteiger partial charge in [-0.1, -0.05) is 12.1 Å². The fraction of sp³-hybridized carbons (Fsp3) is 0.333. The topological polar surface area (TPSA) is 65.1 Å². The second-order valence-electron chi connectivity index (χ2n) is 6.42. The van der Waals surface area contributed by atoms with E-state index < -0.39 is 5.97 Å². The van der Waals surface area contributed by atoms with Crippen molar-refractivity contribution in [3.8, 4) is 11.5 Å². The lowest BCUT2D eigenvalue weighted by molar-refractivity contribution is -0.150. The van der Waals surface area contributed by atoms with E-state index in [0.717, 1.165) is 22.9 Å². The van der Waals surface area contributed by atoms with Crippen LogP contribution in [0.5, 0.6) is 11.5 Å². The summed E-state index contributed by atoms with van der Waals surface area (Å²) in [6, 6.07) is 9.99. The number of nitrogens with zero attached hydrogens (tertiary/aromatic N) is 1. The Balaban J connectivity index is 1.51. The molecule has 6 nitrogen and oxygen atoms in total. The third-order valence-electron chi connectivity index (χ3n) is 4.61. The van der Waals surface area contributed by atoms with E-state index in [2.05, 4.69) is 0 Å². The molecule has 0 spiro atoms. The number of rotatable bonds is 7. The van der Waals surface area contributed by atoms with Gasteiger partial charge in [0, 0.05) is 18.0 Å². The first-order chi connectivity index (χ1) is 14.0. The minimum absolute atomic E-state index is 0.0615. The number of thioether (sulfide) groups is 1. The summed E-state index contributed by atoms with van der Waals surface area (Å²) in [6.45, 7) is 0.609. The molecule has 0 radical (unpaired) electrons. The van der Waals surface area contributed by atoms with E-state index in [1.54, 1.807) is 37.3 Å². The first-order valence-corrected chi connectivity index (χ1v) is 10.0. The minimum atomic E-state index is -0.560. The fourth-order valence-corrected chi connectivity index (χ4v) is 3.81. The van der Waals surface area contributed by atoms with Crippen LogP contribution in [0.25, 0.3) is 0 Å². The highest BCUT2D eigenvalue weighted by molar-refractivity contribution is 8.00. The molecule has 0 fully saturated rings. The molecule has 3 rings (SSSR count). The lowest BCUT2D eigenvalue weighted by Crippen LogP contribution is -2.38. The summed E-state index contributed by atoms with van der Waals surface area (Å²) in [6.07, 6.45) is 0.679. The molecular weight excluding hydrogens is 397 g/mol. The maximum atomic E-state index is 13.6. The molecule has 0 aliphatic carbocycles. The van der Waals surface area contributed by atoms with Crippen LogP contribution in [0.4, 0.5) is 4.39 Å². The van der Waals surface area contributed by atoms with Crippen molar-refractivity contribution in [2.24, 2.45) is 0 Å². The highest BCUT2D eigenvalue weighted by Gasteiger charge is 2.23. The number of hydrogen-bond donors (Lipinski definition) is 0. The molecular formula is C21H22FNO5S. The van der Waals surface area contributed by atoms with Crippen molar-refractivity contribution in [1.82, 2.24) is 4.90 Å². The van der Waals surface area contributed by atoms with Crippen molar-refractivity contribution < 1.29 is 28.2 Å². The van der Waals surface area contributed by atoms with Crippen molar-refractivity contribution in [2.45, 2.75) is 17.9 Å². The molecule has 1 heterocycles. The van der Waals surface area contributed by atoms with Crippen LogP contribution in [0, 0.1) is 5.82 Å². The molecule has 1 aliphatic heterocycles. The van der Waals surface area contributed by atoms with Gasteiger partial charge in [-0.15, -0.1) is 11.8 Å². The van der Waals surface area contributed by atoms with Crippen molar-refractivity contribution in [1.29, 1.82) is 0 Å². The Labute approximate surface area is 172 Å². The molecule has 8 heteroatoms. The van der Waals surface area contributed by atoms with Gasteiger partial charge >= 0.3 is 5.97 Å². The predicted molar refractivity (Wildman–Crippen MR) is 107 cm³/mol. The average Bonchev–Trinajstić information content (AvgIpc) is 2.75. The normalized spacial score (nSPS) is 12.9. The SMILES string of the molecule is COc1cc2c(cc1OC)CN(C(=O)COC(=O)CSc1ccccc1F)CC2. The van der Waals surface area contributed by atoms with Gasteiger partial charge in [0.2, 0.25) is 0 Å². The van der Waals surface area contributed by atoms with Gasteiger partial charge in [0.15, 0.2) is 18.1 Å². The Morgan fingerprint density at radius 3 is 2.48 bits per heavy atom. The zero-order valence-electron chi connectivity index (χ0n) is 16.3. The van der Waals surface area contributed by atoms with Crippen LogP contribution in [0.3, 0.4) is 0 Å². The second-order valence-corrected chi connectivity index (χ2v) is 7.44. The number of hydrogen-bond acceptors (Lipinski definition) is 6. The lowest BCUT2D eigenvalue weighted by Gasteiger charge is -2.29. The smallest absolute Gasteiger partial charge is 0.316 e. The number of amides is 1. The number of carbonyl (C=O) groups is 2. The molecule has 0 saturated carbocycles. The summed E-state index contributed by atoms with van der Waals surface area (Å²) in [5.41, 5.74) is 2.08. The van der Waals surface area contributed by atoms with Crippen molar-refractivity contribution in [3.05, 3.63) is 53.3 Å². The van der Waals surface area contributed by atoms with E-state index in [1.807, 2.05) is 12.1 Å². The molecule has 2 aromatic rings. The fourth-order valence-electron chi connectivity index (χ4n) is 3.07. The number of carbonyl (C=O) groups excluding carboxylic acids is 2. The Morgan fingerprint density at radius 2 is 1.79 bits per heavy atom. The van der Waals surface area contributed by atoms with E-state index in [0.29, 0.717) is 35.9 Å². The number of esters is 1. The van der Waals surface area contributed by atoms with Crippen molar-refractivity contribution >= 4 is 23.6 Å². The maximum absolute atomic E-state index is 13.6. The quantitative estimate of drug-likeness (QED) is 0.508. The summed E-state index contributed by atoms with van der Waals surface area (Å²) in [5, 5.41) is 0. The van der Waals surface area contributed by atoms with Gasteiger partial charge in [-0.25, -0.2) is 4.39 Å². The van der Waals surface area contributed by atoms with Crippen molar-refractivity contribution in [3.63, 3.8) is 0 Å². The summed E-state index contributed by atoms with van der Waals surface area (Å²) >= 11 is 1.04. The Morgan fingerprint density at radius 1 is 1.10 bits per heavy atom. The van der Waals surface area contributed by atoms with Crippen LogP contribution in [0.2, 0.25) is 0 Å². The number of fused-ring (bicyclic) bond motifs is 1. The Bertz CT molecular complexity index is 905. The third-order valence-corrected chi connectivity index (χ3v) is 5.63. The molecule has 1 aliphatic rings. The number of methoxy groups -OCH3 is 2. The molecule has 0 unspecified atom stereocenters. The molecule has 0 bridgehead atoms. The van der Waals surface area contributed by atoms with Crippen LogP contribution < -0.4 is 9.47 Å². The molecule has 0 N–H and O–H groups in total. The van der Waals surface area contributed by atoms with Gasteiger partial charge in [-0.2, -0.15) is 0 Å². The summed E-state index contributed by atoms with van der Waals surface area (Å²) in [7, 11) is 3.15. The highest BCUT2D eigenvalue weighted by Crippen LogP contribution is 2.33. The molecule has 29 heavy (non-hydrogen) atoms. The Kier molecular flexibility index (Phi) is 6.98. The van der Waals surface area contributed by atoms with Crippen LogP contribution in [0.15, 0.2) is 41.3 Å². The standard InChI is InChI=1S/C21H22FNO5S/c1-26-17-9-14-7-8-23(11-15(14)10-18(17)27-2)20(24)12-28-21(25)13-29-19-6-4-3-5-16(19)22/h3-6,9-10H,7-8,11-13H2,1-2H3. The largest absolute Gasteiger partial charge is 0.493 e. The zero-order chi connectivity index (χ0) is 20.8. The van der Waals surface area contributed by atoms with Gasteiger partial charge in [0.25, 0.3) is 5.91 Å². The van der Waals surface area contributed by atoms with Crippen LogP contribution in [-0.4, -0.2) is 49.9 Å². The monoisotopic (exact) mass is 419 g/mol. The van der Waals surface area contributed by atoms with Gasteiger partial charge in [-0.05, 0) is 41.8 Å². The van der Waals surface area contributed by atoms with E-state index in [4.69, 9.17) is 14.2 Å². The number of benzene rings is 2. The Hall–Kier alpha value is -2.74. The molecule has 2 aromatic carbocycles. The molecule has 0 aromatic heterocycles. The highest BCUT2D eigenvalue weighted by atomic mass is 32.2. The summed E-state index contributed by atoms with van der Waals surface area (Å²) in [5.74, 6) is -0.0106. The summed E-state index contributed by atoms with van der Waals surface area (Å²) < 4.78 is 29.3.